The monoisotopic (exact) mass is 487 g/mol. The van der Waals surface area contributed by atoms with Gasteiger partial charge in [0, 0.05) is 25.1 Å². The third-order valence-corrected chi connectivity index (χ3v) is 5.96. The number of rotatable bonds is 6. The fraction of sp³-hybridized carbons (Fsp3) is 0.179. The normalized spacial score (nSPS) is 11.2. The average molecular weight is 488 g/mol. The van der Waals surface area contributed by atoms with Crippen LogP contribution in [-0.4, -0.2) is 20.3 Å². The van der Waals surface area contributed by atoms with E-state index in [0.29, 0.717) is 28.5 Å². The highest BCUT2D eigenvalue weighted by Gasteiger charge is 2.23. The van der Waals surface area contributed by atoms with Gasteiger partial charge in [-0.25, -0.2) is 18.7 Å². The van der Waals surface area contributed by atoms with Gasteiger partial charge < -0.3 is 9.15 Å². The zero-order valence-corrected chi connectivity index (χ0v) is 20.0. The third kappa shape index (κ3) is 4.49. The third-order valence-electron chi connectivity index (χ3n) is 5.96. The van der Waals surface area contributed by atoms with Crippen LogP contribution in [0.15, 0.2) is 65.2 Å². The van der Waals surface area contributed by atoms with Gasteiger partial charge in [-0.1, -0.05) is 42.5 Å². The second-order valence-corrected chi connectivity index (χ2v) is 8.61. The summed E-state index contributed by atoms with van der Waals surface area (Å²) in [5, 5.41) is 0. The molecule has 0 aliphatic carbocycles. The van der Waals surface area contributed by atoms with E-state index in [0.717, 1.165) is 23.0 Å². The van der Waals surface area contributed by atoms with Gasteiger partial charge in [0.25, 0.3) is 0 Å². The second-order valence-electron chi connectivity index (χ2n) is 8.61. The lowest BCUT2D eigenvalue weighted by Crippen LogP contribution is -2.07. The van der Waals surface area contributed by atoms with Gasteiger partial charge in [0.15, 0.2) is 17.3 Å². The lowest BCUT2D eigenvalue weighted by Gasteiger charge is -2.10. The van der Waals surface area contributed by atoms with Gasteiger partial charge >= 0.3 is 5.97 Å². The molecule has 182 valence electrons. The molecule has 0 bridgehead atoms. The molecule has 0 saturated carbocycles. The first-order valence-corrected chi connectivity index (χ1v) is 11.4. The van der Waals surface area contributed by atoms with Crippen molar-refractivity contribution in [1.82, 2.24) is 14.4 Å². The zero-order valence-electron chi connectivity index (χ0n) is 20.0. The van der Waals surface area contributed by atoms with Crippen LogP contribution in [0.4, 0.5) is 8.78 Å². The van der Waals surface area contributed by atoms with Crippen molar-refractivity contribution in [2.45, 2.75) is 33.6 Å². The summed E-state index contributed by atoms with van der Waals surface area (Å²) in [5.41, 5.74) is 3.77. The minimum absolute atomic E-state index is 0.0112. The molecule has 0 N–H and O–H groups in total. The summed E-state index contributed by atoms with van der Waals surface area (Å²) in [7, 11) is 0. The number of hydrogen-bond acceptors (Lipinski definition) is 5. The summed E-state index contributed by atoms with van der Waals surface area (Å²) >= 11 is 0. The van der Waals surface area contributed by atoms with Crippen LogP contribution in [0.5, 0.6) is 5.88 Å². The maximum absolute atomic E-state index is 14.6. The van der Waals surface area contributed by atoms with E-state index >= 15 is 0 Å². The van der Waals surface area contributed by atoms with Crippen LogP contribution < -0.4 is 4.74 Å². The molecule has 0 aliphatic rings. The van der Waals surface area contributed by atoms with Gasteiger partial charge in [0.1, 0.15) is 17.2 Å². The molecule has 0 spiro atoms. The Balaban J connectivity index is 1.72. The van der Waals surface area contributed by atoms with Crippen LogP contribution >= 0.6 is 0 Å². The molecule has 8 heteroatoms. The molecule has 0 atom stereocenters. The minimum atomic E-state index is -0.934. The van der Waals surface area contributed by atoms with Crippen molar-refractivity contribution >= 4 is 11.6 Å². The number of furan rings is 1. The molecule has 2 aromatic carbocycles. The number of fused-ring (bicyclic) bond motifs is 1. The fourth-order valence-electron chi connectivity index (χ4n) is 4.13. The number of carbonyl (C=O) groups excluding carboxylic acids is 1. The largest absolute Gasteiger partial charge is 0.466 e. The summed E-state index contributed by atoms with van der Waals surface area (Å²) in [6, 6.07) is 15.4. The molecule has 0 saturated heterocycles. The first-order chi connectivity index (χ1) is 17.3. The summed E-state index contributed by atoms with van der Waals surface area (Å²) < 4.78 is 41.6. The van der Waals surface area contributed by atoms with Crippen molar-refractivity contribution in [2.75, 3.05) is 0 Å². The van der Waals surface area contributed by atoms with Crippen molar-refractivity contribution in [3.05, 3.63) is 106 Å². The Bertz CT molecular complexity index is 1570. The van der Waals surface area contributed by atoms with Gasteiger partial charge in [-0.15, -0.1) is 0 Å². The Labute approximate surface area is 206 Å². The number of aromatic nitrogens is 3. The molecule has 5 rings (SSSR count). The molecule has 0 radical (unpaired) electrons. The number of esters is 1. The molecule has 0 aliphatic heterocycles. The van der Waals surface area contributed by atoms with Gasteiger partial charge in [-0.05, 0) is 37.1 Å². The molecule has 3 heterocycles. The van der Waals surface area contributed by atoms with Crippen molar-refractivity contribution in [1.29, 1.82) is 0 Å². The van der Waals surface area contributed by atoms with E-state index in [-0.39, 0.29) is 24.3 Å². The average Bonchev–Trinajstić information content (AvgIpc) is 3.35. The number of benzene rings is 2. The van der Waals surface area contributed by atoms with Crippen LogP contribution in [-0.2, 0) is 17.6 Å². The number of ether oxygens (including phenoxy) is 1. The first kappa shape index (κ1) is 23.4. The molecular weight excluding hydrogens is 464 g/mol. The number of hydrogen-bond donors (Lipinski definition) is 0. The molecule has 0 amide bonds. The maximum Gasteiger partial charge on any atom is 0.309 e. The topological polar surface area (TPSA) is 69.6 Å². The zero-order chi connectivity index (χ0) is 25.4. The van der Waals surface area contributed by atoms with Crippen LogP contribution in [0.25, 0.3) is 16.9 Å². The Morgan fingerprint density at radius 3 is 2.47 bits per heavy atom. The van der Waals surface area contributed by atoms with E-state index in [1.165, 1.54) is 19.1 Å². The second kappa shape index (κ2) is 9.37. The number of halogens is 2. The van der Waals surface area contributed by atoms with Gasteiger partial charge in [0.2, 0.25) is 5.88 Å². The molecule has 3 aromatic heterocycles. The molecule has 6 nitrogen and oxygen atoms in total. The number of nitrogens with zero attached hydrogens (tertiary/aromatic N) is 3. The van der Waals surface area contributed by atoms with Crippen LogP contribution in [0.1, 0.15) is 41.0 Å². The van der Waals surface area contributed by atoms with Crippen molar-refractivity contribution in [3.8, 4) is 17.1 Å². The predicted octanol–water partition coefficient (Wildman–Crippen LogP) is 5.99. The standard InChI is InChI=1S/C28H23F2N3O3/c1-16-12-21(35-17(16)2)14-24-28(36-18(3)34)33-15-25(19-8-5-4-6-9-19)31-23(27(33)32-24)13-20-10-7-11-22(29)26(20)30/h4-12,15H,13-14H2,1-3H3. The lowest BCUT2D eigenvalue weighted by molar-refractivity contribution is -0.132. The van der Waals surface area contributed by atoms with Crippen LogP contribution in [0.3, 0.4) is 0 Å². The van der Waals surface area contributed by atoms with Crippen molar-refractivity contribution in [2.24, 2.45) is 0 Å². The van der Waals surface area contributed by atoms with E-state index in [2.05, 4.69) is 0 Å². The van der Waals surface area contributed by atoms with Gasteiger partial charge in [-0.3, -0.25) is 9.20 Å². The van der Waals surface area contributed by atoms with Crippen molar-refractivity contribution < 1.29 is 22.7 Å². The Kier molecular flexibility index (Phi) is 6.10. The first-order valence-electron chi connectivity index (χ1n) is 11.4. The van der Waals surface area contributed by atoms with Crippen LogP contribution in [0, 0.1) is 25.5 Å². The molecule has 5 aromatic rings. The summed E-state index contributed by atoms with van der Waals surface area (Å²) in [5.74, 6) is -0.703. The number of aryl methyl sites for hydroxylation is 2. The fourth-order valence-corrected chi connectivity index (χ4v) is 4.13. The van der Waals surface area contributed by atoms with Gasteiger partial charge in [0.05, 0.1) is 17.8 Å². The highest BCUT2D eigenvalue weighted by Crippen LogP contribution is 2.30. The highest BCUT2D eigenvalue weighted by molar-refractivity contribution is 5.71. The molecule has 0 fully saturated rings. The Hall–Kier alpha value is -4.33. The Morgan fingerprint density at radius 2 is 1.78 bits per heavy atom. The summed E-state index contributed by atoms with van der Waals surface area (Å²) in [6.45, 7) is 5.13. The van der Waals surface area contributed by atoms with E-state index < -0.39 is 17.6 Å². The Morgan fingerprint density at radius 1 is 1.00 bits per heavy atom. The number of imidazole rings is 1. The number of carbonyl (C=O) groups is 1. The van der Waals surface area contributed by atoms with Crippen LogP contribution in [0.2, 0.25) is 0 Å². The predicted molar refractivity (Wildman–Crippen MR) is 130 cm³/mol. The smallest absolute Gasteiger partial charge is 0.309 e. The van der Waals surface area contributed by atoms with E-state index in [1.54, 1.807) is 10.6 Å². The van der Waals surface area contributed by atoms with E-state index in [1.807, 2.05) is 50.2 Å². The SMILES string of the molecule is CC(=O)Oc1c(Cc2cc(C)c(C)o2)nc2c(Cc3cccc(F)c3F)nc(-c3ccccc3)cn12. The van der Waals surface area contributed by atoms with E-state index in [9.17, 15) is 13.6 Å². The minimum Gasteiger partial charge on any atom is -0.466 e. The lowest BCUT2D eigenvalue weighted by atomic mass is 10.1. The van der Waals surface area contributed by atoms with Gasteiger partial charge in [-0.2, -0.15) is 0 Å². The summed E-state index contributed by atoms with van der Waals surface area (Å²) in [4.78, 5) is 21.5. The molecular formula is C28H23F2N3O3. The molecule has 0 unspecified atom stereocenters. The maximum atomic E-state index is 14.6. The molecule has 36 heavy (non-hydrogen) atoms. The highest BCUT2D eigenvalue weighted by atomic mass is 19.2. The van der Waals surface area contributed by atoms with E-state index in [4.69, 9.17) is 19.1 Å². The van der Waals surface area contributed by atoms with Crippen molar-refractivity contribution in [3.63, 3.8) is 0 Å². The summed E-state index contributed by atoms with van der Waals surface area (Å²) in [6.07, 6.45) is 1.99. The quantitative estimate of drug-likeness (QED) is 0.275.